The second-order valence-electron chi connectivity index (χ2n) is 5.00. The van der Waals surface area contributed by atoms with E-state index in [1.165, 1.54) is 25.1 Å². The zero-order valence-electron chi connectivity index (χ0n) is 13.1. The summed E-state index contributed by atoms with van der Waals surface area (Å²) in [5, 5.41) is 2.41. The normalized spacial score (nSPS) is 11.7. The van der Waals surface area contributed by atoms with E-state index in [-0.39, 0.29) is 16.3 Å². The number of ether oxygens (including phenoxy) is 1. The van der Waals surface area contributed by atoms with E-state index < -0.39 is 35.4 Å². The number of thioether (sulfide) groups is 1. The van der Waals surface area contributed by atoms with Gasteiger partial charge in [-0.1, -0.05) is 6.07 Å². The van der Waals surface area contributed by atoms with Gasteiger partial charge in [0.15, 0.2) is 6.10 Å². The quantitative estimate of drug-likeness (QED) is 0.622. The molecule has 4 nitrogen and oxygen atoms in total. The number of rotatable bonds is 6. The highest BCUT2D eigenvalue weighted by Gasteiger charge is 2.18. The van der Waals surface area contributed by atoms with Crippen LogP contribution in [0.5, 0.6) is 0 Å². The van der Waals surface area contributed by atoms with Gasteiger partial charge in [0.05, 0.1) is 5.75 Å². The molecule has 25 heavy (non-hydrogen) atoms. The van der Waals surface area contributed by atoms with Crippen LogP contribution >= 0.6 is 11.8 Å². The van der Waals surface area contributed by atoms with Crippen LogP contribution in [-0.2, 0) is 14.3 Å². The van der Waals surface area contributed by atoms with Crippen molar-refractivity contribution in [3.05, 3.63) is 59.9 Å². The lowest BCUT2D eigenvalue weighted by molar-refractivity contribution is -0.150. The summed E-state index contributed by atoms with van der Waals surface area (Å²) < 4.78 is 44.5. The van der Waals surface area contributed by atoms with E-state index in [1.807, 2.05) is 0 Å². The molecule has 0 radical (unpaired) electrons. The summed E-state index contributed by atoms with van der Waals surface area (Å²) in [4.78, 5) is 23.6. The fraction of sp³-hybridized carbons (Fsp3) is 0.176. The molecule has 1 amide bonds. The minimum Gasteiger partial charge on any atom is -0.452 e. The van der Waals surface area contributed by atoms with Gasteiger partial charge in [-0.2, -0.15) is 0 Å². The highest BCUT2D eigenvalue weighted by Crippen LogP contribution is 2.23. The molecule has 0 aromatic heterocycles. The fourth-order valence-electron chi connectivity index (χ4n) is 1.82. The number of carbonyl (C=O) groups excluding carboxylic acids is 2. The van der Waals surface area contributed by atoms with Crippen molar-refractivity contribution in [2.24, 2.45) is 0 Å². The molecule has 0 aliphatic carbocycles. The molecule has 2 aromatic carbocycles. The Morgan fingerprint density at radius 1 is 1.12 bits per heavy atom. The van der Waals surface area contributed by atoms with Crippen molar-refractivity contribution in [2.45, 2.75) is 17.9 Å². The van der Waals surface area contributed by atoms with Gasteiger partial charge in [0, 0.05) is 10.6 Å². The Balaban J connectivity index is 1.84. The monoisotopic (exact) mass is 369 g/mol. The molecule has 8 heteroatoms. The van der Waals surface area contributed by atoms with Crippen molar-refractivity contribution in [2.75, 3.05) is 11.1 Å². The molecule has 0 saturated heterocycles. The Labute approximate surface area is 146 Å². The van der Waals surface area contributed by atoms with Gasteiger partial charge < -0.3 is 10.1 Å². The van der Waals surface area contributed by atoms with Crippen LogP contribution in [0.4, 0.5) is 18.9 Å². The molecular formula is C17H14F3NO3S. The summed E-state index contributed by atoms with van der Waals surface area (Å²) in [6.45, 7) is 1.35. The fourth-order valence-corrected chi connectivity index (χ4v) is 2.56. The summed E-state index contributed by atoms with van der Waals surface area (Å²) in [6, 6.07) is 8.14. The molecule has 0 heterocycles. The lowest BCUT2D eigenvalue weighted by Crippen LogP contribution is -2.30. The van der Waals surface area contributed by atoms with Crippen LogP contribution in [0.25, 0.3) is 0 Å². The summed E-state index contributed by atoms with van der Waals surface area (Å²) in [6.07, 6.45) is -1.13. The molecule has 1 N–H and O–H groups in total. The van der Waals surface area contributed by atoms with Crippen LogP contribution in [0.1, 0.15) is 6.92 Å². The van der Waals surface area contributed by atoms with Crippen LogP contribution in [0.2, 0.25) is 0 Å². The van der Waals surface area contributed by atoms with Gasteiger partial charge in [-0.05, 0) is 43.3 Å². The molecule has 0 unspecified atom stereocenters. The Hall–Kier alpha value is -2.48. The van der Waals surface area contributed by atoms with E-state index >= 15 is 0 Å². The maximum atomic E-state index is 13.5. The number of hydrogen-bond acceptors (Lipinski definition) is 4. The van der Waals surface area contributed by atoms with Crippen LogP contribution in [0.15, 0.2) is 47.4 Å². The number of esters is 1. The van der Waals surface area contributed by atoms with Crippen LogP contribution < -0.4 is 5.32 Å². The average molecular weight is 369 g/mol. The standard InChI is InChI=1S/C17H14F3NO3S/c1-10(17(23)21-13-4-2-3-11(18)7-13)24-16(22)9-25-15-8-12(19)5-6-14(15)20/h2-8,10H,9H2,1H3,(H,21,23)/t10-/m1/s1. The molecule has 0 fully saturated rings. The van der Waals surface area contributed by atoms with Crippen molar-refractivity contribution in [1.82, 2.24) is 0 Å². The lowest BCUT2D eigenvalue weighted by Gasteiger charge is -2.13. The van der Waals surface area contributed by atoms with Gasteiger partial charge in [-0.25, -0.2) is 13.2 Å². The number of carbonyl (C=O) groups is 2. The lowest BCUT2D eigenvalue weighted by atomic mass is 10.3. The first-order chi connectivity index (χ1) is 11.8. The minimum atomic E-state index is -1.13. The molecule has 0 aliphatic heterocycles. The van der Waals surface area contributed by atoms with Crippen molar-refractivity contribution in [1.29, 1.82) is 0 Å². The number of nitrogens with one attached hydrogen (secondary N) is 1. The number of amides is 1. The molecule has 1 atom stereocenters. The summed E-state index contributed by atoms with van der Waals surface area (Å²) >= 11 is 0.758. The summed E-state index contributed by atoms with van der Waals surface area (Å²) in [7, 11) is 0. The van der Waals surface area contributed by atoms with Crippen LogP contribution in [-0.4, -0.2) is 23.7 Å². The smallest absolute Gasteiger partial charge is 0.317 e. The highest BCUT2D eigenvalue weighted by molar-refractivity contribution is 8.00. The topological polar surface area (TPSA) is 55.4 Å². The molecule has 0 aliphatic rings. The molecule has 0 spiro atoms. The molecule has 132 valence electrons. The number of benzene rings is 2. The highest BCUT2D eigenvalue weighted by atomic mass is 32.2. The zero-order chi connectivity index (χ0) is 18.4. The first-order valence-electron chi connectivity index (χ1n) is 7.19. The SMILES string of the molecule is C[C@@H](OC(=O)CSc1cc(F)ccc1F)C(=O)Nc1cccc(F)c1. The Morgan fingerprint density at radius 3 is 2.56 bits per heavy atom. The van der Waals surface area contributed by atoms with Crippen LogP contribution in [0, 0.1) is 17.5 Å². The van der Waals surface area contributed by atoms with Gasteiger partial charge in [0.25, 0.3) is 5.91 Å². The van der Waals surface area contributed by atoms with Crippen molar-refractivity contribution >= 4 is 29.3 Å². The molecule has 2 rings (SSSR count). The van der Waals surface area contributed by atoms with Crippen molar-refractivity contribution in [3.8, 4) is 0 Å². The van der Waals surface area contributed by atoms with Gasteiger partial charge in [0.2, 0.25) is 0 Å². The van der Waals surface area contributed by atoms with E-state index in [2.05, 4.69) is 5.32 Å². The van der Waals surface area contributed by atoms with E-state index in [1.54, 1.807) is 0 Å². The van der Waals surface area contributed by atoms with E-state index in [4.69, 9.17) is 4.74 Å². The second kappa shape index (κ2) is 8.57. The molecule has 0 bridgehead atoms. The maximum absolute atomic E-state index is 13.5. The Morgan fingerprint density at radius 2 is 1.84 bits per heavy atom. The van der Waals surface area contributed by atoms with E-state index in [0.29, 0.717) is 0 Å². The maximum Gasteiger partial charge on any atom is 0.317 e. The van der Waals surface area contributed by atoms with Gasteiger partial charge in [-0.15, -0.1) is 11.8 Å². The van der Waals surface area contributed by atoms with E-state index in [0.717, 1.165) is 36.0 Å². The van der Waals surface area contributed by atoms with Crippen LogP contribution in [0.3, 0.4) is 0 Å². The van der Waals surface area contributed by atoms with E-state index in [9.17, 15) is 22.8 Å². The predicted molar refractivity (Wildman–Crippen MR) is 87.7 cm³/mol. The largest absolute Gasteiger partial charge is 0.452 e. The van der Waals surface area contributed by atoms with Gasteiger partial charge >= 0.3 is 5.97 Å². The molecule has 0 saturated carbocycles. The molecular weight excluding hydrogens is 355 g/mol. The first-order valence-corrected chi connectivity index (χ1v) is 8.17. The van der Waals surface area contributed by atoms with Gasteiger partial charge in [0.1, 0.15) is 17.5 Å². The average Bonchev–Trinajstić information content (AvgIpc) is 2.55. The first kappa shape index (κ1) is 18.9. The summed E-state index contributed by atoms with van der Waals surface area (Å²) in [5.41, 5.74) is 0.226. The number of hydrogen-bond donors (Lipinski definition) is 1. The Bertz CT molecular complexity index is 785. The van der Waals surface area contributed by atoms with Crippen molar-refractivity contribution < 1.29 is 27.5 Å². The third-order valence-corrected chi connectivity index (χ3v) is 4.01. The third-order valence-electron chi connectivity index (χ3n) is 3.01. The minimum absolute atomic E-state index is 0.0335. The number of halogens is 3. The third kappa shape index (κ3) is 5.82. The molecule has 2 aromatic rings. The second-order valence-corrected chi connectivity index (χ2v) is 6.01. The predicted octanol–water partition coefficient (Wildman–Crippen LogP) is 3.77. The van der Waals surface area contributed by atoms with Gasteiger partial charge in [-0.3, -0.25) is 9.59 Å². The summed E-state index contributed by atoms with van der Waals surface area (Å²) in [5.74, 6) is -3.50. The zero-order valence-corrected chi connectivity index (χ0v) is 13.9. The number of anilines is 1. The Kier molecular flexibility index (Phi) is 6.46. The van der Waals surface area contributed by atoms with Crippen molar-refractivity contribution in [3.63, 3.8) is 0 Å².